The van der Waals surface area contributed by atoms with Crippen LogP contribution >= 0.6 is 0 Å². The van der Waals surface area contributed by atoms with E-state index >= 15 is 0 Å². The molecule has 0 aliphatic heterocycles. The van der Waals surface area contributed by atoms with Crippen molar-refractivity contribution in [2.75, 3.05) is 5.32 Å². The van der Waals surface area contributed by atoms with Crippen molar-refractivity contribution in [1.82, 2.24) is 4.98 Å². The predicted molar refractivity (Wildman–Crippen MR) is 77.1 cm³/mol. The Morgan fingerprint density at radius 1 is 1.16 bits per heavy atom. The Balaban J connectivity index is 1.93. The number of hydrogen-bond donors (Lipinski definition) is 1. The fraction of sp³-hybridized carbons (Fsp3) is 0.188. The van der Waals surface area contributed by atoms with Gasteiger partial charge in [0.15, 0.2) is 0 Å². The minimum absolute atomic E-state index is 0.259. The zero-order valence-electron chi connectivity index (χ0n) is 10.8. The van der Waals surface area contributed by atoms with Crippen molar-refractivity contribution in [3.63, 3.8) is 0 Å². The molecule has 1 atom stereocenters. The van der Waals surface area contributed by atoms with Crippen molar-refractivity contribution in [3.8, 4) is 0 Å². The molecule has 0 amide bonds. The first-order valence-electron chi connectivity index (χ1n) is 6.52. The Morgan fingerprint density at radius 2 is 2.00 bits per heavy atom. The van der Waals surface area contributed by atoms with Crippen LogP contribution in [0.4, 0.5) is 5.82 Å². The number of anilines is 1. The summed E-state index contributed by atoms with van der Waals surface area (Å²) in [6.07, 6.45) is 4.47. The number of rotatable bonds is 4. The Hall–Kier alpha value is -2.29. The lowest BCUT2D eigenvalue weighted by Crippen LogP contribution is -2.10. The van der Waals surface area contributed by atoms with E-state index in [1.165, 1.54) is 5.56 Å². The van der Waals surface area contributed by atoms with Crippen molar-refractivity contribution in [1.29, 1.82) is 0 Å². The number of furan rings is 1. The van der Waals surface area contributed by atoms with Gasteiger partial charge in [0.2, 0.25) is 0 Å². The summed E-state index contributed by atoms with van der Waals surface area (Å²) in [7, 11) is 0. The van der Waals surface area contributed by atoms with Crippen molar-refractivity contribution >= 4 is 16.8 Å². The monoisotopic (exact) mass is 252 g/mol. The molecule has 3 nitrogen and oxygen atoms in total. The Bertz CT molecular complexity index is 661. The molecule has 0 bridgehead atoms. The van der Waals surface area contributed by atoms with E-state index < -0.39 is 0 Å². The number of benzene rings is 1. The van der Waals surface area contributed by atoms with Crippen LogP contribution < -0.4 is 5.32 Å². The summed E-state index contributed by atoms with van der Waals surface area (Å²) in [5.41, 5.74) is 2.13. The zero-order chi connectivity index (χ0) is 13.1. The zero-order valence-corrected chi connectivity index (χ0v) is 10.8. The highest BCUT2D eigenvalue weighted by molar-refractivity contribution is 5.87. The lowest BCUT2D eigenvalue weighted by molar-refractivity contribution is 0.615. The minimum Gasteiger partial charge on any atom is -0.464 e. The summed E-state index contributed by atoms with van der Waals surface area (Å²) in [5.74, 6) is 0.877. The van der Waals surface area contributed by atoms with Gasteiger partial charge >= 0.3 is 0 Å². The maximum atomic E-state index is 5.40. The predicted octanol–water partition coefficient (Wildman–Crippen LogP) is 4.39. The Morgan fingerprint density at radius 3 is 2.79 bits per heavy atom. The van der Waals surface area contributed by atoms with E-state index in [9.17, 15) is 0 Å². The van der Waals surface area contributed by atoms with Crippen LogP contribution in [0.15, 0.2) is 59.3 Å². The van der Waals surface area contributed by atoms with Crippen molar-refractivity contribution in [2.45, 2.75) is 19.4 Å². The van der Waals surface area contributed by atoms with Gasteiger partial charge in [-0.05, 0) is 24.1 Å². The van der Waals surface area contributed by atoms with Gasteiger partial charge in [-0.3, -0.25) is 0 Å². The van der Waals surface area contributed by atoms with E-state index in [2.05, 4.69) is 41.5 Å². The van der Waals surface area contributed by atoms with Crippen molar-refractivity contribution in [3.05, 3.63) is 60.5 Å². The molecular weight excluding hydrogens is 236 g/mol. The second-order valence-corrected chi connectivity index (χ2v) is 4.51. The first-order valence-corrected chi connectivity index (χ1v) is 6.52. The van der Waals surface area contributed by atoms with Crippen LogP contribution in [0.2, 0.25) is 0 Å². The van der Waals surface area contributed by atoms with Crippen LogP contribution in [0, 0.1) is 0 Å². The highest BCUT2D eigenvalue weighted by atomic mass is 16.3. The molecule has 1 aromatic carbocycles. The van der Waals surface area contributed by atoms with Gasteiger partial charge in [0.1, 0.15) is 11.4 Å². The van der Waals surface area contributed by atoms with E-state index in [0.717, 1.165) is 23.2 Å². The van der Waals surface area contributed by atoms with Gasteiger partial charge in [-0.1, -0.05) is 37.3 Å². The molecule has 2 heterocycles. The molecule has 1 N–H and O–H groups in total. The van der Waals surface area contributed by atoms with Gasteiger partial charge in [-0.15, -0.1) is 0 Å². The molecule has 0 saturated heterocycles. The Kier molecular flexibility index (Phi) is 3.19. The molecule has 0 fully saturated rings. The second-order valence-electron chi connectivity index (χ2n) is 4.51. The molecular formula is C16H16N2O. The fourth-order valence-corrected chi connectivity index (χ4v) is 2.28. The van der Waals surface area contributed by atoms with Gasteiger partial charge < -0.3 is 9.73 Å². The molecule has 3 aromatic rings. The summed E-state index contributed by atoms with van der Waals surface area (Å²) < 4.78 is 5.40. The summed E-state index contributed by atoms with van der Waals surface area (Å²) in [6.45, 7) is 2.17. The molecule has 3 rings (SSSR count). The molecule has 1 unspecified atom stereocenters. The summed E-state index contributed by atoms with van der Waals surface area (Å²) in [4.78, 5) is 4.42. The summed E-state index contributed by atoms with van der Waals surface area (Å²) >= 11 is 0. The van der Waals surface area contributed by atoms with Crippen LogP contribution in [0.5, 0.6) is 0 Å². The average Bonchev–Trinajstić information content (AvgIpc) is 2.95. The second kappa shape index (κ2) is 5.14. The summed E-state index contributed by atoms with van der Waals surface area (Å²) in [6, 6.07) is 14.5. The molecule has 0 spiro atoms. The Labute approximate surface area is 112 Å². The van der Waals surface area contributed by atoms with Crippen molar-refractivity contribution in [2.24, 2.45) is 0 Å². The van der Waals surface area contributed by atoms with Gasteiger partial charge in [0, 0.05) is 6.20 Å². The fourth-order valence-electron chi connectivity index (χ4n) is 2.28. The van der Waals surface area contributed by atoms with Gasteiger partial charge in [0.05, 0.1) is 17.7 Å². The maximum Gasteiger partial charge on any atom is 0.139 e. The van der Waals surface area contributed by atoms with Crippen LogP contribution in [-0.4, -0.2) is 4.98 Å². The summed E-state index contributed by atoms with van der Waals surface area (Å²) in [5, 5.41) is 4.53. The smallest absolute Gasteiger partial charge is 0.139 e. The highest BCUT2D eigenvalue weighted by Crippen LogP contribution is 2.27. The van der Waals surface area contributed by atoms with Crippen LogP contribution in [0.1, 0.15) is 24.9 Å². The molecule has 0 aliphatic carbocycles. The standard InChI is InChI=1S/C16H16N2O/c1-2-14(12-6-4-3-5-7-12)18-16-13-9-11-19-15(13)8-10-17-16/h3-11,14H,2H2,1H3,(H,17,18). The number of fused-ring (bicyclic) bond motifs is 1. The molecule has 19 heavy (non-hydrogen) atoms. The van der Waals surface area contributed by atoms with Crippen LogP contribution in [0.25, 0.3) is 11.0 Å². The van der Waals surface area contributed by atoms with E-state index in [-0.39, 0.29) is 6.04 Å². The third-order valence-electron chi connectivity index (χ3n) is 3.30. The van der Waals surface area contributed by atoms with E-state index in [1.807, 2.05) is 18.2 Å². The number of hydrogen-bond acceptors (Lipinski definition) is 3. The molecule has 3 heteroatoms. The number of pyridine rings is 1. The SMILES string of the molecule is CCC(Nc1nccc2occc12)c1ccccc1. The lowest BCUT2D eigenvalue weighted by Gasteiger charge is -2.18. The molecule has 96 valence electrons. The third kappa shape index (κ3) is 2.32. The number of aromatic nitrogens is 1. The van der Waals surface area contributed by atoms with Crippen molar-refractivity contribution < 1.29 is 4.42 Å². The first-order chi connectivity index (χ1) is 9.38. The normalized spacial score (nSPS) is 12.5. The van der Waals surface area contributed by atoms with Crippen LogP contribution in [-0.2, 0) is 0 Å². The first kappa shape index (κ1) is 11.8. The molecule has 2 aromatic heterocycles. The van der Waals surface area contributed by atoms with Gasteiger partial charge in [-0.2, -0.15) is 0 Å². The quantitative estimate of drug-likeness (QED) is 0.748. The topological polar surface area (TPSA) is 38.1 Å². The maximum absolute atomic E-state index is 5.40. The third-order valence-corrected chi connectivity index (χ3v) is 3.30. The largest absolute Gasteiger partial charge is 0.464 e. The average molecular weight is 252 g/mol. The molecule has 0 saturated carbocycles. The molecule has 0 aliphatic rings. The minimum atomic E-state index is 0.259. The van der Waals surface area contributed by atoms with Gasteiger partial charge in [-0.25, -0.2) is 4.98 Å². The van der Waals surface area contributed by atoms with E-state index in [0.29, 0.717) is 0 Å². The number of nitrogens with one attached hydrogen (secondary N) is 1. The number of nitrogens with zero attached hydrogens (tertiary/aromatic N) is 1. The lowest BCUT2D eigenvalue weighted by atomic mass is 10.0. The van der Waals surface area contributed by atoms with E-state index in [1.54, 1.807) is 12.5 Å². The highest BCUT2D eigenvalue weighted by Gasteiger charge is 2.12. The van der Waals surface area contributed by atoms with E-state index in [4.69, 9.17) is 4.42 Å². The molecule has 0 radical (unpaired) electrons. The van der Waals surface area contributed by atoms with Crippen LogP contribution in [0.3, 0.4) is 0 Å². The van der Waals surface area contributed by atoms with Gasteiger partial charge in [0.25, 0.3) is 0 Å².